The number of anilines is 3. The van der Waals surface area contributed by atoms with Crippen LogP contribution < -0.4 is 15.0 Å². The summed E-state index contributed by atoms with van der Waals surface area (Å²) in [6.07, 6.45) is 8.22. The number of nitrogens with one attached hydrogen (secondary N) is 1. The standard InChI is InChI=1S/C27H25N9O2/c1-3-24(37)34-14-27(15-34)12-33(13-27)21-7-9-36-25(21)26(29-17-31-36)32-19-4-5-22(18(2)10-19)38-20-6-8-35-23(11-20)28-16-30-35/h3-11,16-17H,1,12-15H2,2H3,(H,29,31,32). The summed E-state index contributed by atoms with van der Waals surface area (Å²) in [5.41, 5.74) is 4.76. The summed E-state index contributed by atoms with van der Waals surface area (Å²) in [7, 11) is 0. The van der Waals surface area contributed by atoms with E-state index in [4.69, 9.17) is 4.74 Å². The number of benzene rings is 1. The fourth-order valence-electron chi connectivity index (χ4n) is 5.43. The Labute approximate surface area is 218 Å². The molecular weight excluding hydrogens is 482 g/mol. The van der Waals surface area contributed by atoms with E-state index in [9.17, 15) is 4.79 Å². The van der Waals surface area contributed by atoms with Crippen molar-refractivity contribution in [2.24, 2.45) is 5.41 Å². The van der Waals surface area contributed by atoms with E-state index < -0.39 is 0 Å². The summed E-state index contributed by atoms with van der Waals surface area (Å²) >= 11 is 0. The van der Waals surface area contributed by atoms with Crippen LogP contribution in [-0.4, -0.2) is 66.2 Å². The first-order chi connectivity index (χ1) is 18.5. The third-order valence-corrected chi connectivity index (χ3v) is 7.28. The highest BCUT2D eigenvalue weighted by Crippen LogP contribution is 2.44. The van der Waals surface area contributed by atoms with Crippen LogP contribution in [0.2, 0.25) is 0 Å². The van der Waals surface area contributed by atoms with Gasteiger partial charge in [-0.2, -0.15) is 10.2 Å². The zero-order valence-corrected chi connectivity index (χ0v) is 20.8. The van der Waals surface area contributed by atoms with Gasteiger partial charge in [-0.1, -0.05) is 6.58 Å². The first kappa shape index (κ1) is 22.3. The molecule has 1 amide bonds. The zero-order valence-electron chi connectivity index (χ0n) is 20.8. The Kier molecular flexibility index (Phi) is 4.87. The largest absolute Gasteiger partial charge is 0.457 e. The maximum absolute atomic E-state index is 11.9. The van der Waals surface area contributed by atoms with Crippen LogP contribution in [0.4, 0.5) is 17.2 Å². The number of pyridine rings is 1. The lowest BCUT2D eigenvalue weighted by molar-refractivity contribution is -0.139. The Hall–Kier alpha value is -4.93. The maximum atomic E-state index is 11.9. The number of hydrogen-bond donors (Lipinski definition) is 1. The van der Waals surface area contributed by atoms with Gasteiger partial charge in [0.25, 0.3) is 0 Å². The molecule has 0 radical (unpaired) electrons. The summed E-state index contributed by atoms with van der Waals surface area (Å²) in [5.74, 6) is 2.18. The SMILES string of the molecule is C=CC(=O)N1CC2(C1)CN(c1ccn3ncnc(Nc4ccc(Oc5ccn6ncnc6c5)c(C)c4)c13)C2. The van der Waals surface area contributed by atoms with Gasteiger partial charge in [-0.05, 0) is 48.9 Å². The van der Waals surface area contributed by atoms with Crippen LogP contribution in [0.1, 0.15) is 5.56 Å². The van der Waals surface area contributed by atoms with Crippen molar-refractivity contribution in [2.75, 3.05) is 36.4 Å². The second-order valence-electron chi connectivity index (χ2n) is 9.99. The molecule has 0 saturated carbocycles. The Morgan fingerprint density at radius 2 is 1.82 bits per heavy atom. The number of amides is 1. The number of carbonyl (C=O) groups is 1. The predicted molar refractivity (Wildman–Crippen MR) is 142 cm³/mol. The summed E-state index contributed by atoms with van der Waals surface area (Å²) in [5, 5.41) is 12.0. The normalized spacial score (nSPS) is 15.9. The van der Waals surface area contributed by atoms with Crippen molar-refractivity contribution in [1.29, 1.82) is 0 Å². The minimum absolute atomic E-state index is 0.00591. The van der Waals surface area contributed by atoms with Crippen molar-refractivity contribution >= 4 is 34.3 Å². The molecule has 11 nitrogen and oxygen atoms in total. The summed E-state index contributed by atoms with van der Waals surface area (Å²) in [6, 6.07) is 11.7. The number of ether oxygens (including phenoxy) is 1. The number of fused-ring (bicyclic) bond motifs is 2. The van der Waals surface area contributed by atoms with Crippen molar-refractivity contribution in [3.05, 3.63) is 79.7 Å². The first-order valence-electron chi connectivity index (χ1n) is 12.3. The van der Waals surface area contributed by atoms with Gasteiger partial charge in [-0.15, -0.1) is 0 Å². The minimum Gasteiger partial charge on any atom is -0.457 e. The molecule has 7 rings (SSSR count). The number of aromatic nitrogens is 6. The lowest BCUT2D eigenvalue weighted by Gasteiger charge is -2.60. The van der Waals surface area contributed by atoms with Crippen LogP contribution >= 0.6 is 0 Å². The number of rotatable bonds is 6. The third kappa shape index (κ3) is 3.62. The van der Waals surface area contributed by atoms with E-state index in [2.05, 4.69) is 43.0 Å². The van der Waals surface area contributed by atoms with Gasteiger partial charge in [0.2, 0.25) is 5.91 Å². The average Bonchev–Trinajstić information content (AvgIpc) is 3.51. The lowest BCUT2D eigenvalue weighted by atomic mass is 9.72. The topological polar surface area (TPSA) is 105 Å². The average molecular weight is 508 g/mol. The molecule has 0 bridgehead atoms. The number of likely N-dealkylation sites (tertiary alicyclic amines) is 1. The molecule has 0 atom stereocenters. The van der Waals surface area contributed by atoms with Crippen LogP contribution in [0.5, 0.6) is 11.5 Å². The smallest absolute Gasteiger partial charge is 0.245 e. The molecule has 190 valence electrons. The van der Waals surface area contributed by atoms with E-state index in [1.807, 2.05) is 59.1 Å². The van der Waals surface area contributed by atoms with Gasteiger partial charge >= 0.3 is 0 Å². The molecular formula is C27H25N9O2. The second kappa shape index (κ2) is 8.30. The molecule has 2 aliphatic heterocycles. The van der Waals surface area contributed by atoms with Gasteiger partial charge in [-0.25, -0.2) is 19.0 Å². The van der Waals surface area contributed by atoms with Gasteiger partial charge in [0.1, 0.15) is 29.7 Å². The molecule has 1 spiro atoms. The van der Waals surface area contributed by atoms with E-state index in [0.29, 0.717) is 5.75 Å². The van der Waals surface area contributed by atoms with E-state index in [1.165, 1.54) is 12.4 Å². The summed E-state index contributed by atoms with van der Waals surface area (Å²) in [4.78, 5) is 24.8. The van der Waals surface area contributed by atoms with Crippen molar-refractivity contribution in [3.8, 4) is 11.5 Å². The van der Waals surface area contributed by atoms with Crippen LogP contribution in [0.15, 0.2) is 74.1 Å². The van der Waals surface area contributed by atoms with Crippen LogP contribution in [0, 0.1) is 12.3 Å². The number of hydrogen-bond acceptors (Lipinski definition) is 8. The molecule has 4 aromatic heterocycles. The molecule has 1 aromatic carbocycles. The van der Waals surface area contributed by atoms with E-state index >= 15 is 0 Å². The highest BCUT2D eigenvalue weighted by atomic mass is 16.5. The Bertz CT molecular complexity index is 1710. The monoisotopic (exact) mass is 507 g/mol. The van der Waals surface area contributed by atoms with Gasteiger partial charge in [-0.3, -0.25) is 4.79 Å². The molecule has 5 aromatic rings. The van der Waals surface area contributed by atoms with E-state index in [1.54, 1.807) is 10.8 Å². The molecule has 0 unspecified atom stereocenters. The molecule has 0 aliphatic carbocycles. The minimum atomic E-state index is 0.00591. The zero-order chi connectivity index (χ0) is 25.9. The van der Waals surface area contributed by atoms with Gasteiger partial charge in [0.05, 0.1) is 5.69 Å². The third-order valence-electron chi connectivity index (χ3n) is 7.28. The van der Waals surface area contributed by atoms with Crippen LogP contribution in [-0.2, 0) is 4.79 Å². The van der Waals surface area contributed by atoms with Crippen LogP contribution in [0.25, 0.3) is 11.2 Å². The molecule has 6 heterocycles. The quantitative estimate of drug-likeness (QED) is 0.349. The second-order valence-corrected chi connectivity index (χ2v) is 9.99. The number of nitrogens with zero attached hydrogens (tertiary/aromatic N) is 8. The van der Waals surface area contributed by atoms with Crippen molar-refractivity contribution in [3.63, 3.8) is 0 Å². The fraction of sp³-hybridized carbons (Fsp3) is 0.222. The molecule has 11 heteroatoms. The summed E-state index contributed by atoms with van der Waals surface area (Å²) < 4.78 is 9.64. The van der Waals surface area contributed by atoms with Gasteiger partial charge in [0.15, 0.2) is 11.5 Å². The Balaban J connectivity index is 1.09. The fourth-order valence-corrected chi connectivity index (χ4v) is 5.43. The van der Waals surface area contributed by atoms with Crippen molar-refractivity contribution in [2.45, 2.75) is 6.92 Å². The number of aryl methyl sites for hydroxylation is 1. The summed E-state index contributed by atoms with van der Waals surface area (Å²) in [6.45, 7) is 8.95. The number of carbonyl (C=O) groups excluding carboxylic acids is 1. The van der Waals surface area contributed by atoms with E-state index in [0.717, 1.165) is 65.8 Å². The Morgan fingerprint density at radius 3 is 2.63 bits per heavy atom. The first-order valence-corrected chi connectivity index (χ1v) is 12.3. The predicted octanol–water partition coefficient (Wildman–Crippen LogP) is 3.45. The van der Waals surface area contributed by atoms with Gasteiger partial charge < -0.3 is 19.9 Å². The molecule has 2 fully saturated rings. The van der Waals surface area contributed by atoms with Gasteiger partial charge in [0, 0.05) is 55.7 Å². The highest BCUT2D eigenvalue weighted by Gasteiger charge is 2.53. The van der Waals surface area contributed by atoms with E-state index in [-0.39, 0.29) is 11.3 Å². The van der Waals surface area contributed by atoms with Crippen molar-refractivity contribution < 1.29 is 9.53 Å². The highest BCUT2D eigenvalue weighted by molar-refractivity contribution is 5.89. The molecule has 2 saturated heterocycles. The molecule has 2 aliphatic rings. The van der Waals surface area contributed by atoms with Crippen molar-refractivity contribution in [1.82, 2.24) is 34.1 Å². The molecule has 1 N–H and O–H groups in total. The van der Waals surface area contributed by atoms with Crippen LogP contribution in [0.3, 0.4) is 0 Å². The molecule has 38 heavy (non-hydrogen) atoms. The maximum Gasteiger partial charge on any atom is 0.245 e. The Morgan fingerprint density at radius 1 is 1.03 bits per heavy atom. The lowest BCUT2D eigenvalue weighted by Crippen LogP contribution is -2.73.